The van der Waals surface area contributed by atoms with Crippen LogP contribution in [0.5, 0.6) is 0 Å². The Kier molecular flexibility index (Phi) is 5.92. The van der Waals surface area contributed by atoms with Gasteiger partial charge in [-0.05, 0) is 30.5 Å². The number of fused-ring (bicyclic) bond motifs is 1. The van der Waals surface area contributed by atoms with E-state index >= 15 is 0 Å². The molecule has 3 atom stereocenters. The Labute approximate surface area is 177 Å². The van der Waals surface area contributed by atoms with Gasteiger partial charge in [0.1, 0.15) is 0 Å². The number of rotatable bonds is 5. The SMILES string of the molecule is CC#Cc1nc(NCc2cccc(Cl)c2)c2ncn(C[C@@H]3SC[C@@H](O)[C@H]3O)c2n1. The van der Waals surface area contributed by atoms with Crippen molar-refractivity contribution in [1.82, 2.24) is 19.5 Å². The lowest BCUT2D eigenvalue weighted by atomic mass is 10.1. The number of hydrogen-bond acceptors (Lipinski definition) is 7. The zero-order valence-electron chi connectivity index (χ0n) is 15.7. The van der Waals surface area contributed by atoms with Gasteiger partial charge in [0.05, 0.1) is 23.8 Å². The molecule has 1 fully saturated rings. The molecule has 3 N–H and O–H groups in total. The molecule has 150 valence electrons. The summed E-state index contributed by atoms with van der Waals surface area (Å²) in [7, 11) is 0. The maximum Gasteiger partial charge on any atom is 0.208 e. The second kappa shape index (κ2) is 8.59. The van der Waals surface area contributed by atoms with E-state index in [1.807, 2.05) is 28.8 Å². The third-order valence-corrected chi connectivity index (χ3v) is 6.31. The Morgan fingerprint density at radius 3 is 2.93 bits per heavy atom. The first-order valence-electron chi connectivity index (χ1n) is 9.17. The molecule has 0 aliphatic carbocycles. The molecule has 1 saturated heterocycles. The summed E-state index contributed by atoms with van der Waals surface area (Å²) in [6, 6.07) is 7.60. The highest BCUT2D eigenvalue weighted by molar-refractivity contribution is 8.00. The first-order chi connectivity index (χ1) is 14.0. The highest BCUT2D eigenvalue weighted by atomic mass is 35.5. The number of thioether (sulfide) groups is 1. The van der Waals surface area contributed by atoms with Gasteiger partial charge in [0.2, 0.25) is 5.82 Å². The number of hydrogen-bond donors (Lipinski definition) is 3. The van der Waals surface area contributed by atoms with Gasteiger partial charge in [-0.1, -0.05) is 29.7 Å². The van der Waals surface area contributed by atoms with Gasteiger partial charge in [0, 0.05) is 23.9 Å². The number of nitrogens with zero attached hydrogens (tertiary/aromatic N) is 4. The maximum atomic E-state index is 10.2. The Bertz CT molecular complexity index is 1090. The van der Waals surface area contributed by atoms with E-state index in [0.717, 1.165) is 5.56 Å². The molecule has 29 heavy (non-hydrogen) atoms. The van der Waals surface area contributed by atoms with Crippen LogP contribution in [0.15, 0.2) is 30.6 Å². The first-order valence-corrected chi connectivity index (χ1v) is 10.6. The van der Waals surface area contributed by atoms with E-state index in [4.69, 9.17) is 11.6 Å². The number of aliphatic hydroxyl groups is 2. The summed E-state index contributed by atoms with van der Waals surface area (Å²) < 4.78 is 1.88. The van der Waals surface area contributed by atoms with Gasteiger partial charge in [-0.2, -0.15) is 11.8 Å². The van der Waals surface area contributed by atoms with Crippen molar-refractivity contribution < 1.29 is 10.2 Å². The van der Waals surface area contributed by atoms with Crippen LogP contribution in [-0.2, 0) is 13.1 Å². The molecule has 0 saturated carbocycles. The molecule has 0 amide bonds. The van der Waals surface area contributed by atoms with Gasteiger partial charge in [-0.15, -0.1) is 0 Å². The number of benzene rings is 1. The number of aromatic nitrogens is 4. The summed E-state index contributed by atoms with van der Waals surface area (Å²) in [4.78, 5) is 13.5. The Morgan fingerprint density at radius 2 is 2.21 bits per heavy atom. The fourth-order valence-electron chi connectivity index (χ4n) is 3.22. The molecule has 9 heteroatoms. The molecule has 0 spiro atoms. The van der Waals surface area contributed by atoms with Crippen LogP contribution in [0, 0.1) is 11.8 Å². The average molecular weight is 430 g/mol. The van der Waals surface area contributed by atoms with Crippen molar-refractivity contribution in [2.24, 2.45) is 0 Å². The quantitative estimate of drug-likeness (QED) is 0.535. The number of anilines is 1. The molecule has 3 heterocycles. The molecule has 4 rings (SSSR count). The maximum absolute atomic E-state index is 10.2. The fraction of sp³-hybridized carbons (Fsp3) is 0.350. The van der Waals surface area contributed by atoms with Crippen LogP contribution in [0.3, 0.4) is 0 Å². The van der Waals surface area contributed by atoms with Crippen molar-refractivity contribution in [3.63, 3.8) is 0 Å². The minimum absolute atomic E-state index is 0.124. The van der Waals surface area contributed by atoms with E-state index < -0.39 is 12.2 Å². The monoisotopic (exact) mass is 429 g/mol. The summed E-state index contributed by atoms with van der Waals surface area (Å²) >= 11 is 7.61. The third-order valence-electron chi connectivity index (χ3n) is 4.68. The van der Waals surface area contributed by atoms with Crippen LogP contribution in [0.4, 0.5) is 5.82 Å². The molecule has 1 aromatic carbocycles. The second-order valence-corrected chi connectivity index (χ2v) is 8.46. The predicted molar refractivity (Wildman–Crippen MR) is 115 cm³/mol. The molecule has 3 aromatic rings. The lowest BCUT2D eigenvalue weighted by Crippen LogP contribution is -2.31. The van der Waals surface area contributed by atoms with Gasteiger partial charge in [0.15, 0.2) is 17.0 Å². The van der Waals surface area contributed by atoms with Gasteiger partial charge in [0.25, 0.3) is 0 Å². The van der Waals surface area contributed by atoms with Crippen molar-refractivity contribution in [2.75, 3.05) is 11.1 Å². The molecule has 7 nitrogen and oxygen atoms in total. The molecule has 1 aliphatic rings. The van der Waals surface area contributed by atoms with Crippen molar-refractivity contribution >= 4 is 40.3 Å². The summed E-state index contributed by atoms with van der Waals surface area (Å²) in [6.07, 6.45) is 0.214. The minimum Gasteiger partial charge on any atom is -0.390 e. The molecule has 2 aromatic heterocycles. The minimum atomic E-state index is -0.769. The Hall–Kier alpha value is -2.31. The number of aliphatic hydroxyl groups excluding tert-OH is 2. The van der Waals surface area contributed by atoms with Crippen LogP contribution < -0.4 is 5.32 Å². The molecule has 0 radical (unpaired) electrons. The molecular weight excluding hydrogens is 410 g/mol. The standard InChI is InChI=1S/C20H20ClN5O2S/c1-2-4-16-24-19(22-8-12-5-3-6-13(21)7-12)17-20(25-16)26(11-23-17)9-15-18(28)14(27)10-29-15/h3,5-7,11,14-15,18,27-28H,8-10H2,1H3,(H,22,24,25)/t14-,15+,18-/m1/s1. The lowest BCUT2D eigenvalue weighted by molar-refractivity contribution is 0.0396. The van der Waals surface area contributed by atoms with E-state index in [1.54, 1.807) is 25.0 Å². The summed E-state index contributed by atoms with van der Waals surface area (Å²) in [5, 5.41) is 23.8. The van der Waals surface area contributed by atoms with Crippen LogP contribution in [0.1, 0.15) is 18.3 Å². The van der Waals surface area contributed by atoms with Gasteiger partial charge in [-0.25, -0.2) is 15.0 Å². The highest BCUT2D eigenvalue weighted by Crippen LogP contribution is 2.30. The van der Waals surface area contributed by atoms with Crippen molar-refractivity contribution in [2.45, 2.75) is 37.5 Å². The zero-order valence-corrected chi connectivity index (χ0v) is 17.3. The second-order valence-electron chi connectivity index (χ2n) is 6.75. The van der Waals surface area contributed by atoms with E-state index in [9.17, 15) is 10.2 Å². The lowest BCUT2D eigenvalue weighted by Gasteiger charge is -2.16. The average Bonchev–Trinajstić information content (AvgIpc) is 3.25. The molecule has 0 bridgehead atoms. The van der Waals surface area contributed by atoms with Crippen molar-refractivity contribution in [3.8, 4) is 11.8 Å². The van der Waals surface area contributed by atoms with E-state index in [1.165, 1.54) is 0 Å². The summed E-state index contributed by atoms with van der Waals surface area (Å²) in [5.74, 6) is 7.24. The van der Waals surface area contributed by atoms with Gasteiger partial charge >= 0.3 is 0 Å². The predicted octanol–water partition coefficient (Wildman–Crippen LogP) is 2.30. The topological polar surface area (TPSA) is 96.1 Å². The number of imidazole rings is 1. The Balaban J connectivity index is 1.65. The first kappa shape index (κ1) is 20.0. The van der Waals surface area contributed by atoms with E-state index in [2.05, 4.69) is 32.1 Å². The number of halogens is 1. The Morgan fingerprint density at radius 1 is 1.34 bits per heavy atom. The van der Waals surface area contributed by atoms with Crippen LogP contribution in [-0.4, -0.2) is 52.9 Å². The van der Waals surface area contributed by atoms with Crippen LogP contribution in [0.25, 0.3) is 11.2 Å². The molecule has 0 unspecified atom stereocenters. The zero-order chi connectivity index (χ0) is 20.4. The molecule has 1 aliphatic heterocycles. The number of nitrogens with one attached hydrogen (secondary N) is 1. The van der Waals surface area contributed by atoms with Crippen LogP contribution in [0.2, 0.25) is 5.02 Å². The normalized spacial score (nSPS) is 21.2. The largest absolute Gasteiger partial charge is 0.390 e. The fourth-order valence-corrected chi connectivity index (χ4v) is 4.72. The summed E-state index contributed by atoms with van der Waals surface area (Å²) in [5.41, 5.74) is 2.29. The smallest absolute Gasteiger partial charge is 0.208 e. The van der Waals surface area contributed by atoms with Crippen molar-refractivity contribution in [1.29, 1.82) is 0 Å². The highest BCUT2D eigenvalue weighted by Gasteiger charge is 2.34. The summed E-state index contributed by atoms with van der Waals surface area (Å²) in [6.45, 7) is 2.75. The van der Waals surface area contributed by atoms with Crippen molar-refractivity contribution in [3.05, 3.63) is 47.0 Å². The van der Waals surface area contributed by atoms with E-state index in [0.29, 0.717) is 46.7 Å². The van der Waals surface area contributed by atoms with E-state index in [-0.39, 0.29) is 5.25 Å². The molecular formula is C20H20ClN5O2S. The third kappa shape index (κ3) is 4.33. The van der Waals surface area contributed by atoms with Crippen LogP contribution >= 0.6 is 23.4 Å². The van der Waals surface area contributed by atoms with Gasteiger partial charge < -0.3 is 20.1 Å². The van der Waals surface area contributed by atoms with Gasteiger partial charge in [-0.3, -0.25) is 0 Å².